The lowest BCUT2D eigenvalue weighted by Gasteiger charge is -2.14. The summed E-state index contributed by atoms with van der Waals surface area (Å²) in [5.41, 5.74) is 2.30. The molecule has 0 aliphatic carbocycles. The maximum Gasteiger partial charge on any atom is 0.118 e. The predicted octanol–water partition coefficient (Wildman–Crippen LogP) is 2.79. The van der Waals surface area contributed by atoms with Gasteiger partial charge < -0.3 is 14.9 Å². The number of methoxy groups -OCH3 is 1. The number of benzene rings is 2. The number of ether oxygens (including phenoxy) is 1. The van der Waals surface area contributed by atoms with E-state index < -0.39 is 0 Å². The minimum absolute atomic E-state index is 0.146. The summed E-state index contributed by atoms with van der Waals surface area (Å²) in [4.78, 5) is 0. The molecule has 2 N–H and O–H groups in total. The molecule has 1 unspecified atom stereocenters. The van der Waals surface area contributed by atoms with Gasteiger partial charge in [0.05, 0.1) is 7.11 Å². The van der Waals surface area contributed by atoms with Crippen LogP contribution in [0.15, 0.2) is 48.5 Å². The number of hydrogen-bond acceptors (Lipinski definition) is 3. The Morgan fingerprint density at radius 2 is 1.40 bits per heavy atom. The first-order valence-electron chi connectivity index (χ1n) is 6.73. The van der Waals surface area contributed by atoms with Gasteiger partial charge in [-0.05, 0) is 54.2 Å². The number of hydrogen-bond donors (Lipinski definition) is 2. The zero-order valence-corrected chi connectivity index (χ0v) is 11.6. The van der Waals surface area contributed by atoms with Crippen molar-refractivity contribution in [3.63, 3.8) is 0 Å². The van der Waals surface area contributed by atoms with E-state index in [4.69, 9.17) is 4.74 Å². The van der Waals surface area contributed by atoms with E-state index >= 15 is 0 Å². The van der Waals surface area contributed by atoms with Crippen molar-refractivity contribution in [3.8, 4) is 11.5 Å². The highest BCUT2D eigenvalue weighted by atomic mass is 16.5. The highest BCUT2D eigenvalue weighted by molar-refractivity contribution is 5.28. The van der Waals surface area contributed by atoms with Crippen molar-refractivity contribution in [1.29, 1.82) is 0 Å². The van der Waals surface area contributed by atoms with Gasteiger partial charge in [0.25, 0.3) is 0 Å². The molecule has 0 fully saturated rings. The summed E-state index contributed by atoms with van der Waals surface area (Å²) in [6, 6.07) is 15.1. The molecule has 3 nitrogen and oxygen atoms in total. The van der Waals surface area contributed by atoms with Crippen molar-refractivity contribution in [2.75, 3.05) is 13.7 Å². The smallest absolute Gasteiger partial charge is 0.118 e. The summed E-state index contributed by atoms with van der Waals surface area (Å²) in [5, 5.41) is 18.8. The van der Waals surface area contributed by atoms with E-state index in [9.17, 15) is 10.2 Å². The van der Waals surface area contributed by atoms with Gasteiger partial charge in [0.15, 0.2) is 0 Å². The first-order chi connectivity index (χ1) is 9.71. The number of phenolic OH excluding ortho intramolecular Hbond substituents is 1. The van der Waals surface area contributed by atoms with Crippen LogP contribution in [0.3, 0.4) is 0 Å². The van der Waals surface area contributed by atoms with Gasteiger partial charge in [0.2, 0.25) is 0 Å². The Bertz CT molecular complexity index is 517. The maximum absolute atomic E-state index is 9.53. The highest BCUT2D eigenvalue weighted by Gasteiger charge is 2.10. The third-order valence-electron chi connectivity index (χ3n) is 3.40. The Hall–Kier alpha value is -2.00. The summed E-state index contributed by atoms with van der Waals surface area (Å²) in [6.07, 6.45) is 1.62. The quantitative estimate of drug-likeness (QED) is 0.850. The van der Waals surface area contributed by atoms with E-state index in [-0.39, 0.29) is 18.3 Å². The van der Waals surface area contributed by atoms with E-state index in [0.29, 0.717) is 0 Å². The number of aromatic hydroxyl groups is 1. The van der Waals surface area contributed by atoms with E-state index in [0.717, 1.165) is 24.2 Å². The summed E-state index contributed by atoms with van der Waals surface area (Å²) >= 11 is 0. The van der Waals surface area contributed by atoms with Crippen LogP contribution < -0.4 is 4.74 Å². The molecule has 0 radical (unpaired) electrons. The topological polar surface area (TPSA) is 49.7 Å². The molecule has 0 amide bonds. The number of aliphatic hydroxyl groups is 1. The third kappa shape index (κ3) is 4.00. The van der Waals surface area contributed by atoms with Gasteiger partial charge in [0, 0.05) is 6.61 Å². The second-order valence-corrected chi connectivity index (χ2v) is 4.97. The zero-order chi connectivity index (χ0) is 14.4. The Balaban J connectivity index is 1.99. The fourth-order valence-corrected chi connectivity index (χ4v) is 2.26. The fraction of sp³-hybridized carbons (Fsp3) is 0.294. The summed E-state index contributed by atoms with van der Waals surface area (Å²) < 4.78 is 5.13. The second-order valence-electron chi connectivity index (χ2n) is 4.97. The van der Waals surface area contributed by atoms with Gasteiger partial charge in [-0.1, -0.05) is 24.3 Å². The molecule has 0 spiro atoms. The SMILES string of the molecule is COc1ccc(CC(CO)Cc2ccc(O)cc2)cc1. The highest BCUT2D eigenvalue weighted by Crippen LogP contribution is 2.18. The van der Waals surface area contributed by atoms with Gasteiger partial charge in [0.1, 0.15) is 11.5 Å². The van der Waals surface area contributed by atoms with Crippen LogP contribution in [0.1, 0.15) is 11.1 Å². The lowest BCUT2D eigenvalue weighted by atomic mass is 9.93. The Morgan fingerprint density at radius 3 is 1.85 bits per heavy atom. The monoisotopic (exact) mass is 272 g/mol. The molecule has 0 heterocycles. The van der Waals surface area contributed by atoms with Crippen molar-refractivity contribution >= 4 is 0 Å². The molecule has 0 bridgehead atoms. The average molecular weight is 272 g/mol. The molecular weight excluding hydrogens is 252 g/mol. The number of phenols is 1. The van der Waals surface area contributed by atoms with E-state index in [1.807, 2.05) is 36.4 Å². The van der Waals surface area contributed by atoms with Crippen molar-refractivity contribution in [3.05, 3.63) is 59.7 Å². The molecular formula is C17H20O3. The van der Waals surface area contributed by atoms with E-state index in [1.165, 1.54) is 5.56 Å². The summed E-state index contributed by atoms with van der Waals surface area (Å²) in [7, 11) is 1.65. The molecule has 3 heteroatoms. The zero-order valence-electron chi connectivity index (χ0n) is 11.6. The Kier molecular flexibility index (Phi) is 5.02. The minimum atomic E-state index is 0.146. The van der Waals surface area contributed by atoms with Crippen molar-refractivity contribution in [2.45, 2.75) is 12.8 Å². The lowest BCUT2D eigenvalue weighted by molar-refractivity contribution is 0.225. The van der Waals surface area contributed by atoms with Crippen LogP contribution in [0.25, 0.3) is 0 Å². The summed E-state index contributed by atoms with van der Waals surface area (Å²) in [5.74, 6) is 1.28. The predicted molar refractivity (Wildman–Crippen MR) is 79.1 cm³/mol. The molecule has 0 aliphatic rings. The van der Waals surface area contributed by atoms with Crippen molar-refractivity contribution in [2.24, 2.45) is 5.92 Å². The molecule has 106 valence electrons. The van der Waals surface area contributed by atoms with E-state index in [2.05, 4.69) is 0 Å². The molecule has 0 aliphatic heterocycles. The normalized spacial score (nSPS) is 12.1. The second kappa shape index (κ2) is 6.96. The van der Waals surface area contributed by atoms with Crippen LogP contribution in [0.5, 0.6) is 11.5 Å². The molecule has 2 rings (SSSR count). The molecule has 2 aromatic rings. The van der Waals surface area contributed by atoms with Gasteiger partial charge in [-0.15, -0.1) is 0 Å². The van der Waals surface area contributed by atoms with Crippen LogP contribution in [0, 0.1) is 5.92 Å². The van der Waals surface area contributed by atoms with Gasteiger partial charge in [-0.2, -0.15) is 0 Å². The standard InChI is InChI=1S/C17H20O3/c1-20-17-8-4-14(5-9-17)11-15(12-18)10-13-2-6-16(19)7-3-13/h2-9,15,18-19H,10-12H2,1H3. The van der Waals surface area contributed by atoms with Crippen LogP contribution in [-0.4, -0.2) is 23.9 Å². The van der Waals surface area contributed by atoms with Crippen molar-refractivity contribution in [1.82, 2.24) is 0 Å². The molecule has 2 aromatic carbocycles. The fourth-order valence-electron chi connectivity index (χ4n) is 2.26. The first kappa shape index (κ1) is 14.4. The summed E-state index contributed by atoms with van der Waals surface area (Å²) in [6.45, 7) is 0.146. The number of aliphatic hydroxyl groups excluding tert-OH is 1. The van der Waals surface area contributed by atoms with Crippen LogP contribution in [-0.2, 0) is 12.8 Å². The minimum Gasteiger partial charge on any atom is -0.508 e. The molecule has 0 saturated carbocycles. The van der Waals surface area contributed by atoms with Gasteiger partial charge in [-0.3, -0.25) is 0 Å². The largest absolute Gasteiger partial charge is 0.508 e. The lowest BCUT2D eigenvalue weighted by Crippen LogP contribution is -2.12. The van der Waals surface area contributed by atoms with Crippen molar-refractivity contribution < 1.29 is 14.9 Å². The first-order valence-corrected chi connectivity index (χ1v) is 6.73. The average Bonchev–Trinajstić information content (AvgIpc) is 2.49. The van der Waals surface area contributed by atoms with Crippen LogP contribution >= 0.6 is 0 Å². The van der Waals surface area contributed by atoms with E-state index in [1.54, 1.807) is 19.2 Å². The van der Waals surface area contributed by atoms with Crippen LogP contribution in [0.2, 0.25) is 0 Å². The van der Waals surface area contributed by atoms with Gasteiger partial charge >= 0.3 is 0 Å². The molecule has 0 aromatic heterocycles. The van der Waals surface area contributed by atoms with Gasteiger partial charge in [-0.25, -0.2) is 0 Å². The molecule has 20 heavy (non-hydrogen) atoms. The van der Waals surface area contributed by atoms with Crippen LogP contribution in [0.4, 0.5) is 0 Å². The number of rotatable bonds is 6. The molecule has 0 saturated heterocycles. The maximum atomic E-state index is 9.53. The Labute approximate surface area is 119 Å². The Morgan fingerprint density at radius 1 is 0.900 bits per heavy atom. The molecule has 1 atom stereocenters. The third-order valence-corrected chi connectivity index (χ3v) is 3.40.